The molecule has 26 heavy (non-hydrogen) atoms. The van der Waals surface area contributed by atoms with Gasteiger partial charge >= 0.3 is 0 Å². The monoisotopic (exact) mass is 345 g/mol. The Morgan fingerprint density at radius 2 is 1.96 bits per heavy atom. The highest BCUT2D eigenvalue weighted by Crippen LogP contribution is 2.25. The van der Waals surface area contributed by atoms with Crippen molar-refractivity contribution in [1.82, 2.24) is 15.1 Å². The van der Waals surface area contributed by atoms with E-state index < -0.39 is 0 Å². The molecule has 0 unspecified atom stereocenters. The molecule has 2 aromatic carbocycles. The molecule has 1 heterocycles. The van der Waals surface area contributed by atoms with Crippen LogP contribution in [-0.2, 0) is 32.9 Å². The minimum absolute atomic E-state index is 0.0559. The van der Waals surface area contributed by atoms with Gasteiger partial charge in [-0.25, -0.2) is 0 Å². The second kappa shape index (κ2) is 7.16. The zero-order chi connectivity index (χ0) is 17.9. The summed E-state index contributed by atoms with van der Waals surface area (Å²) < 4.78 is 1.79. The third-order valence-corrected chi connectivity index (χ3v) is 5.20. The number of nitrogens with zero attached hydrogens (tertiary/aromatic N) is 2. The number of aromatic nitrogens is 2. The van der Waals surface area contributed by atoms with Crippen LogP contribution in [0.15, 0.2) is 54.7 Å². The number of rotatable bonds is 5. The quantitative estimate of drug-likeness (QED) is 0.770. The van der Waals surface area contributed by atoms with E-state index >= 15 is 0 Å². The first-order valence-electron chi connectivity index (χ1n) is 9.15. The fourth-order valence-electron chi connectivity index (χ4n) is 3.79. The molecule has 4 heteroatoms. The number of fused-ring (bicyclic) bond motifs is 1. The van der Waals surface area contributed by atoms with Crippen LogP contribution in [0.2, 0.25) is 0 Å². The summed E-state index contributed by atoms with van der Waals surface area (Å²) >= 11 is 0. The van der Waals surface area contributed by atoms with E-state index in [0.717, 1.165) is 18.5 Å². The molecule has 1 aliphatic carbocycles. The third kappa shape index (κ3) is 3.27. The molecule has 1 aliphatic rings. The topological polar surface area (TPSA) is 46.9 Å². The van der Waals surface area contributed by atoms with Crippen molar-refractivity contribution in [3.8, 4) is 0 Å². The fraction of sp³-hybridized carbons (Fsp3) is 0.273. The number of carbonyl (C=O) groups is 1. The molecule has 0 fully saturated rings. The Balaban J connectivity index is 1.50. The van der Waals surface area contributed by atoms with E-state index in [0.29, 0.717) is 18.5 Å². The summed E-state index contributed by atoms with van der Waals surface area (Å²) in [5.41, 5.74) is 6.86. The Labute approximate surface area is 153 Å². The van der Waals surface area contributed by atoms with Gasteiger partial charge in [0, 0.05) is 20.0 Å². The van der Waals surface area contributed by atoms with Gasteiger partial charge in [0.15, 0.2) is 0 Å². The SMILES string of the molecule is Cn1ncc(C(=O)NCc2cccc3c2CCC3)c1Cc1ccccc1. The molecule has 1 N–H and O–H groups in total. The molecular formula is C22H23N3O. The van der Waals surface area contributed by atoms with Crippen LogP contribution < -0.4 is 5.32 Å². The summed E-state index contributed by atoms with van der Waals surface area (Å²) in [6, 6.07) is 16.6. The number of benzene rings is 2. The Morgan fingerprint density at radius 3 is 2.81 bits per heavy atom. The third-order valence-electron chi connectivity index (χ3n) is 5.20. The lowest BCUT2D eigenvalue weighted by atomic mass is 10.0. The van der Waals surface area contributed by atoms with E-state index in [1.165, 1.54) is 28.7 Å². The molecule has 0 spiro atoms. The Hall–Kier alpha value is -2.88. The van der Waals surface area contributed by atoms with Crippen LogP contribution in [0.25, 0.3) is 0 Å². The van der Waals surface area contributed by atoms with E-state index in [9.17, 15) is 4.79 Å². The lowest BCUT2D eigenvalue weighted by Crippen LogP contribution is -2.24. The molecule has 4 rings (SSSR count). The van der Waals surface area contributed by atoms with E-state index in [-0.39, 0.29) is 5.91 Å². The molecule has 0 atom stereocenters. The number of amides is 1. The largest absolute Gasteiger partial charge is 0.348 e. The van der Waals surface area contributed by atoms with Crippen LogP contribution in [0.5, 0.6) is 0 Å². The first kappa shape index (κ1) is 16.6. The van der Waals surface area contributed by atoms with Crippen molar-refractivity contribution < 1.29 is 4.79 Å². The first-order chi connectivity index (χ1) is 12.7. The average molecular weight is 345 g/mol. The van der Waals surface area contributed by atoms with Crippen LogP contribution >= 0.6 is 0 Å². The second-order valence-corrected chi connectivity index (χ2v) is 6.88. The minimum atomic E-state index is -0.0559. The lowest BCUT2D eigenvalue weighted by molar-refractivity contribution is 0.0950. The maximum Gasteiger partial charge on any atom is 0.255 e. The summed E-state index contributed by atoms with van der Waals surface area (Å²) in [6.45, 7) is 0.571. The van der Waals surface area contributed by atoms with E-state index in [1.54, 1.807) is 10.9 Å². The molecule has 1 amide bonds. The molecule has 0 saturated carbocycles. The van der Waals surface area contributed by atoms with Gasteiger partial charge in [0.05, 0.1) is 17.5 Å². The summed E-state index contributed by atoms with van der Waals surface area (Å²) in [7, 11) is 1.89. The van der Waals surface area contributed by atoms with Crippen molar-refractivity contribution in [3.63, 3.8) is 0 Å². The minimum Gasteiger partial charge on any atom is -0.348 e. The second-order valence-electron chi connectivity index (χ2n) is 6.88. The van der Waals surface area contributed by atoms with Gasteiger partial charge in [0.2, 0.25) is 0 Å². The van der Waals surface area contributed by atoms with E-state index in [2.05, 4.69) is 40.7 Å². The smallest absolute Gasteiger partial charge is 0.255 e. The van der Waals surface area contributed by atoms with Gasteiger partial charge < -0.3 is 5.32 Å². The molecule has 4 nitrogen and oxygen atoms in total. The Bertz CT molecular complexity index is 928. The highest BCUT2D eigenvalue weighted by molar-refractivity contribution is 5.95. The van der Waals surface area contributed by atoms with Gasteiger partial charge in [-0.1, -0.05) is 48.5 Å². The Morgan fingerprint density at radius 1 is 1.12 bits per heavy atom. The number of hydrogen-bond donors (Lipinski definition) is 1. The molecule has 0 saturated heterocycles. The van der Waals surface area contributed by atoms with Crippen molar-refractivity contribution in [3.05, 3.63) is 88.2 Å². The van der Waals surface area contributed by atoms with Gasteiger partial charge in [0.25, 0.3) is 5.91 Å². The lowest BCUT2D eigenvalue weighted by Gasteiger charge is -2.11. The molecule has 3 aromatic rings. The van der Waals surface area contributed by atoms with Gasteiger partial charge in [-0.2, -0.15) is 5.10 Å². The molecular weight excluding hydrogens is 322 g/mol. The van der Waals surface area contributed by atoms with Crippen LogP contribution in [0.1, 0.15) is 44.7 Å². The van der Waals surface area contributed by atoms with Gasteiger partial charge in [-0.15, -0.1) is 0 Å². The van der Waals surface area contributed by atoms with E-state index in [1.807, 2.05) is 25.2 Å². The van der Waals surface area contributed by atoms with Crippen LogP contribution in [0, 0.1) is 0 Å². The van der Waals surface area contributed by atoms with Gasteiger partial charge in [-0.3, -0.25) is 9.48 Å². The highest BCUT2D eigenvalue weighted by Gasteiger charge is 2.18. The zero-order valence-electron chi connectivity index (χ0n) is 15.0. The average Bonchev–Trinajstić information content (AvgIpc) is 3.28. The van der Waals surface area contributed by atoms with Crippen molar-refractivity contribution in [2.75, 3.05) is 0 Å². The summed E-state index contributed by atoms with van der Waals surface area (Å²) in [5, 5.41) is 7.39. The predicted molar refractivity (Wildman–Crippen MR) is 102 cm³/mol. The number of carbonyl (C=O) groups excluding carboxylic acids is 1. The van der Waals surface area contributed by atoms with E-state index in [4.69, 9.17) is 0 Å². The molecule has 0 aliphatic heterocycles. The van der Waals surface area contributed by atoms with Crippen LogP contribution in [0.4, 0.5) is 0 Å². The maximum atomic E-state index is 12.8. The number of aryl methyl sites for hydroxylation is 2. The van der Waals surface area contributed by atoms with Gasteiger partial charge in [0.1, 0.15) is 0 Å². The zero-order valence-corrected chi connectivity index (χ0v) is 15.0. The maximum absolute atomic E-state index is 12.8. The predicted octanol–water partition coefficient (Wildman–Crippen LogP) is 3.43. The van der Waals surface area contributed by atoms with Gasteiger partial charge in [-0.05, 0) is 41.5 Å². The van der Waals surface area contributed by atoms with Crippen molar-refractivity contribution >= 4 is 5.91 Å². The molecule has 132 valence electrons. The summed E-state index contributed by atoms with van der Waals surface area (Å²) in [4.78, 5) is 12.8. The summed E-state index contributed by atoms with van der Waals surface area (Å²) in [5.74, 6) is -0.0559. The molecule has 1 aromatic heterocycles. The first-order valence-corrected chi connectivity index (χ1v) is 9.15. The fourth-order valence-corrected chi connectivity index (χ4v) is 3.79. The standard InChI is InChI=1S/C22H23N3O/c1-25-21(13-16-7-3-2-4-8-16)20(15-24-25)22(26)23-14-18-11-5-9-17-10-6-12-19(17)18/h2-5,7-9,11,15H,6,10,12-14H2,1H3,(H,23,26). The van der Waals surface area contributed by atoms with Crippen LogP contribution in [0.3, 0.4) is 0 Å². The molecule has 0 bridgehead atoms. The van der Waals surface area contributed by atoms with Crippen molar-refractivity contribution in [2.45, 2.75) is 32.2 Å². The highest BCUT2D eigenvalue weighted by atomic mass is 16.1. The number of hydrogen-bond acceptors (Lipinski definition) is 2. The normalized spacial score (nSPS) is 12.8. The van der Waals surface area contributed by atoms with Crippen molar-refractivity contribution in [1.29, 1.82) is 0 Å². The van der Waals surface area contributed by atoms with Crippen molar-refractivity contribution in [2.24, 2.45) is 7.05 Å². The number of nitrogens with one attached hydrogen (secondary N) is 1. The summed E-state index contributed by atoms with van der Waals surface area (Å²) in [6.07, 6.45) is 5.85. The molecule has 0 radical (unpaired) electrons. The Kier molecular flexibility index (Phi) is 4.57. The van der Waals surface area contributed by atoms with Crippen LogP contribution in [-0.4, -0.2) is 15.7 Å².